The van der Waals surface area contributed by atoms with Gasteiger partial charge < -0.3 is 9.32 Å². The zero-order valence-corrected chi connectivity index (χ0v) is 25.3. The molecule has 45 heavy (non-hydrogen) atoms. The number of furan rings is 1. The third-order valence-corrected chi connectivity index (χ3v) is 9.68. The van der Waals surface area contributed by atoms with Gasteiger partial charge in [0.25, 0.3) is 0 Å². The summed E-state index contributed by atoms with van der Waals surface area (Å²) in [6.07, 6.45) is 0. The van der Waals surface area contributed by atoms with Crippen LogP contribution in [0.25, 0.3) is 55.0 Å². The highest BCUT2D eigenvalue weighted by Gasteiger charge is 2.35. The molecule has 214 valence electrons. The molecule has 8 aromatic rings. The van der Waals surface area contributed by atoms with Crippen LogP contribution < -0.4 is 4.90 Å². The molecule has 0 N–H and O–H groups in total. The number of hydrogen-bond acceptors (Lipinski definition) is 2. The van der Waals surface area contributed by atoms with Crippen LogP contribution in [0.15, 0.2) is 156 Å². The summed E-state index contributed by atoms with van der Waals surface area (Å²) in [5, 5.41) is 4.68. The molecule has 0 spiro atoms. The maximum Gasteiger partial charge on any atom is 0.136 e. The van der Waals surface area contributed by atoms with Gasteiger partial charge in [0.05, 0.1) is 5.69 Å². The molecule has 2 heteroatoms. The van der Waals surface area contributed by atoms with Gasteiger partial charge in [0.1, 0.15) is 11.2 Å². The topological polar surface area (TPSA) is 16.4 Å². The average molecular weight is 578 g/mol. The highest BCUT2D eigenvalue weighted by molar-refractivity contribution is 6.21. The van der Waals surface area contributed by atoms with E-state index in [9.17, 15) is 0 Å². The van der Waals surface area contributed by atoms with Crippen molar-refractivity contribution >= 4 is 49.8 Å². The lowest BCUT2D eigenvalue weighted by Crippen LogP contribution is -2.15. The highest BCUT2D eigenvalue weighted by Crippen LogP contribution is 2.51. The van der Waals surface area contributed by atoms with E-state index in [-0.39, 0.29) is 5.41 Å². The van der Waals surface area contributed by atoms with Crippen LogP contribution in [-0.4, -0.2) is 0 Å². The van der Waals surface area contributed by atoms with E-state index in [0.29, 0.717) is 0 Å². The molecule has 0 saturated heterocycles. The van der Waals surface area contributed by atoms with Crippen LogP contribution in [0.2, 0.25) is 0 Å². The van der Waals surface area contributed by atoms with Crippen molar-refractivity contribution in [2.45, 2.75) is 19.3 Å². The maximum absolute atomic E-state index is 6.27. The second kappa shape index (κ2) is 9.70. The van der Waals surface area contributed by atoms with Gasteiger partial charge in [0.2, 0.25) is 0 Å². The molecule has 0 fully saturated rings. The lowest BCUT2D eigenvalue weighted by atomic mass is 9.82. The quantitative estimate of drug-likeness (QED) is 0.207. The third kappa shape index (κ3) is 3.89. The summed E-state index contributed by atoms with van der Waals surface area (Å²) in [5.74, 6) is 0. The Bertz CT molecular complexity index is 2400. The van der Waals surface area contributed by atoms with Gasteiger partial charge in [-0.25, -0.2) is 0 Å². The van der Waals surface area contributed by atoms with E-state index >= 15 is 0 Å². The van der Waals surface area contributed by atoms with Crippen LogP contribution >= 0.6 is 0 Å². The molecule has 1 aliphatic carbocycles. The van der Waals surface area contributed by atoms with Crippen molar-refractivity contribution in [1.82, 2.24) is 0 Å². The van der Waals surface area contributed by atoms with Gasteiger partial charge in [-0.15, -0.1) is 0 Å². The Kier molecular flexibility index (Phi) is 5.58. The second-order valence-corrected chi connectivity index (χ2v) is 12.6. The van der Waals surface area contributed by atoms with Crippen molar-refractivity contribution in [3.63, 3.8) is 0 Å². The Morgan fingerprint density at radius 3 is 2.02 bits per heavy atom. The van der Waals surface area contributed by atoms with Gasteiger partial charge in [-0.1, -0.05) is 117 Å². The first-order chi connectivity index (χ1) is 22.1. The minimum Gasteiger partial charge on any atom is -0.456 e. The van der Waals surface area contributed by atoms with E-state index in [1.54, 1.807) is 0 Å². The van der Waals surface area contributed by atoms with E-state index in [2.05, 4.69) is 164 Å². The molecule has 0 aliphatic heterocycles. The van der Waals surface area contributed by atoms with Crippen molar-refractivity contribution in [2.24, 2.45) is 0 Å². The number of hydrogen-bond donors (Lipinski definition) is 0. The van der Waals surface area contributed by atoms with Crippen LogP contribution in [0.5, 0.6) is 0 Å². The Morgan fingerprint density at radius 1 is 0.467 bits per heavy atom. The van der Waals surface area contributed by atoms with E-state index in [0.717, 1.165) is 39.0 Å². The SMILES string of the molecule is CC1(C)c2ccccc2-c2cc(N(c3ccc(-c4ccccc4)cc3)c3cccc4c3ccc3oc5ccccc5c34)ccc21. The number of nitrogens with zero attached hydrogens (tertiary/aromatic N) is 1. The highest BCUT2D eigenvalue weighted by atomic mass is 16.3. The Morgan fingerprint density at radius 2 is 1.16 bits per heavy atom. The van der Waals surface area contributed by atoms with E-state index < -0.39 is 0 Å². The summed E-state index contributed by atoms with van der Waals surface area (Å²) in [7, 11) is 0. The Labute approximate surface area is 262 Å². The van der Waals surface area contributed by atoms with Crippen LogP contribution in [0.3, 0.4) is 0 Å². The molecule has 2 nitrogen and oxygen atoms in total. The van der Waals surface area contributed by atoms with Crippen molar-refractivity contribution in [3.8, 4) is 22.3 Å². The van der Waals surface area contributed by atoms with Crippen molar-refractivity contribution < 1.29 is 4.42 Å². The van der Waals surface area contributed by atoms with Gasteiger partial charge in [0.15, 0.2) is 0 Å². The summed E-state index contributed by atoms with van der Waals surface area (Å²) in [6.45, 7) is 4.67. The average Bonchev–Trinajstić information content (AvgIpc) is 3.58. The molecule has 0 saturated carbocycles. The third-order valence-electron chi connectivity index (χ3n) is 9.68. The van der Waals surface area contributed by atoms with E-state index in [4.69, 9.17) is 4.42 Å². The number of anilines is 3. The lowest BCUT2D eigenvalue weighted by Gasteiger charge is -2.28. The summed E-state index contributed by atoms with van der Waals surface area (Å²) >= 11 is 0. The normalized spacial score (nSPS) is 13.3. The molecule has 7 aromatic carbocycles. The predicted molar refractivity (Wildman–Crippen MR) is 189 cm³/mol. The first-order valence-corrected chi connectivity index (χ1v) is 15.6. The molecule has 1 heterocycles. The molecular formula is C43H31NO. The number of rotatable bonds is 4. The molecule has 0 unspecified atom stereocenters. The van der Waals surface area contributed by atoms with Crippen LogP contribution in [0, 0.1) is 0 Å². The minimum absolute atomic E-state index is 0.0417. The van der Waals surface area contributed by atoms with Gasteiger partial charge in [0, 0.05) is 32.9 Å². The zero-order chi connectivity index (χ0) is 30.1. The number of benzene rings is 7. The summed E-state index contributed by atoms with van der Waals surface area (Å²) in [6, 6.07) is 54.7. The first kappa shape index (κ1) is 25.9. The fourth-order valence-electron chi connectivity index (χ4n) is 7.47. The fourth-order valence-corrected chi connectivity index (χ4v) is 7.47. The second-order valence-electron chi connectivity index (χ2n) is 12.6. The van der Waals surface area contributed by atoms with Crippen LogP contribution in [-0.2, 0) is 5.41 Å². The number of para-hydroxylation sites is 1. The minimum atomic E-state index is -0.0417. The maximum atomic E-state index is 6.27. The first-order valence-electron chi connectivity index (χ1n) is 15.6. The molecule has 0 radical (unpaired) electrons. The van der Waals surface area contributed by atoms with Gasteiger partial charge in [-0.05, 0) is 87.3 Å². The number of fused-ring (bicyclic) bond motifs is 8. The van der Waals surface area contributed by atoms with Crippen molar-refractivity contribution in [2.75, 3.05) is 4.90 Å². The van der Waals surface area contributed by atoms with Crippen molar-refractivity contribution in [3.05, 3.63) is 163 Å². The monoisotopic (exact) mass is 577 g/mol. The van der Waals surface area contributed by atoms with Gasteiger partial charge in [-0.3, -0.25) is 0 Å². The van der Waals surface area contributed by atoms with Gasteiger partial charge in [-0.2, -0.15) is 0 Å². The predicted octanol–water partition coefficient (Wildman–Crippen LogP) is 12.2. The van der Waals surface area contributed by atoms with Crippen molar-refractivity contribution in [1.29, 1.82) is 0 Å². The van der Waals surface area contributed by atoms with E-state index in [1.807, 2.05) is 6.07 Å². The molecule has 9 rings (SSSR count). The molecule has 1 aliphatic rings. The van der Waals surface area contributed by atoms with Crippen LogP contribution in [0.4, 0.5) is 17.1 Å². The smallest absolute Gasteiger partial charge is 0.136 e. The largest absolute Gasteiger partial charge is 0.456 e. The summed E-state index contributed by atoms with van der Waals surface area (Å²) < 4.78 is 6.27. The molecule has 1 aromatic heterocycles. The fraction of sp³-hybridized carbons (Fsp3) is 0.0698. The Hall–Kier alpha value is -5.60. The van der Waals surface area contributed by atoms with E-state index in [1.165, 1.54) is 44.2 Å². The van der Waals surface area contributed by atoms with Crippen LogP contribution in [0.1, 0.15) is 25.0 Å². The summed E-state index contributed by atoms with van der Waals surface area (Å²) in [5.41, 5.74) is 13.0. The Balaban J connectivity index is 1.29. The lowest BCUT2D eigenvalue weighted by molar-refractivity contribution is 0.660. The summed E-state index contributed by atoms with van der Waals surface area (Å²) in [4.78, 5) is 2.42. The van der Waals surface area contributed by atoms with Gasteiger partial charge >= 0.3 is 0 Å². The molecule has 0 amide bonds. The zero-order valence-electron chi connectivity index (χ0n) is 25.3. The standard InChI is InChI=1S/C43H31NO/c1-43(2)37-16-8-6-13-32(37)36-27-31(23-25-38(36)43)44(30-21-19-29(20-22-30)28-11-4-3-5-12-28)39-17-10-15-34-33(39)24-26-41-42(34)35-14-7-9-18-40(35)45-41/h3-27H,1-2H3. The molecule has 0 bridgehead atoms. The molecular weight excluding hydrogens is 546 g/mol. The molecule has 0 atom stereocenters.